The molecule has 0 spiro atoms. The van der Waals surface area contributed by atoms with Crippen LogP contribution >= 0.6 is 0 Å². The number of methoxy groups -OCH3 is 1. The fourth-order valence-corrected chi connectivity index (χ4v) is 3.16. The third-order valence-electron chi connectivity index (χ3n) is 4.60. The number of nitrogens with one attached hydrogen (secondary N) is 1. The molecule has 0 radical (unpaired) electrons. The Hall–Kier alpha value is -4.49. The number of fused-ring (bicyclic) bond motifs is 1. The molecule has 0 aliphatic carbocycles. The first kappa shape index (κ1) is 18.9. The first-order valence-electron chi connectivity index (χ1n) is 9.02. The van der Waals surface area contributed by atoms with E-state index in [2.05, 4.69) is 27.1 Å². The van der Waals surface area contributed by atoms with Gasteiger partial charge in [0.15, 0.2) is 0 Å². The molecule has 7 nitrogen and oxygen atoms in total. The molecule has 2 aromatic heterocycles. The summed E-state index contributed by atoms with van der Waals surface area (Å²) in [6.07, 6.45) is 15.6. The number of nitrogens with zero attached hydrogens (tertiary/aromatic N) is 4. The molecule has 4 rings (SSSR count). The van der Waals surface area contributed by atoms with Gasteiger partial charge in [0.2, 0.25) is 0 Å². The number of aromatic nitrogens is 4. The second-order valence-electron chi connectivity index (χ2n) is 6.40. The van der Waals surface area contributed by atoms with E-state index < -0.39 is 0 Å². The number of hydrogen-bond donors (Lipinski definition) is 1. The van der Waals surface area contributed by atoms with Crippen LogP contribution in [-0.4, -0.2) is 26.2 Å². The molecule has 2 aromatic carbocycles. The van der Waals surface area contributed by atoms with Crippen molar-refractivity contribution in [1.29, 1.82) is 0 Å². The Kier molecular flexibility index (Phi) is 4.94. The number of anilines is 2. The zero-order valence-electron chi connectivity index (χ0n) is 16.2. The molecular weight excluding hydrogens is 378 g/mol. The van der Waals surface area contributed by atoms with Crippen LogP contribution in [0.4, 0.5) is 11.5 Å². The highest BCUT2D eigenvalue weighted by Gasteiger charge is 2.15. The van der Waals surface area contributed by atoms with Crippen molar-refractivity contribution in [2.45, 2.75) is 6.54 Å². The Bertz CT molecular complexity index is 1390. The Morgan fingerprint density at radius 1 is 1.17 bits per heavy atom. The second-order valence-corrected chi connectivity index (χ2v) is 6.40. The average molecular weight is 395 g/mol. The maximum atomic E-state index is 12.7. The SMILES string of the molecule is C#CCn1ccn(-c2cc3c(Nc4cccc(C#C)c4)ncnc3cc2OC)c1=O. The van der Waals surface area contributed by atoms with Crippen LogP contribution in [0.25, 0.3) is 16.6 Å². The number of ether oxygens (including phenoxy) is 1. The summed E-state index contributed by atoms with van der Waals surface area (Å²) in [5, 5.41) is 3.99. The molecular formula is C23H17N5O2. The predicted octanol–water partition coefficient (Wildman–Crippen LogP) is 2.95. The van der Waals surface area contributed by atoms with Gasteiger partial charge in [0.1, 0.15) is 17.9 Å². The lowest BCUT2D eigenvalue weighted by atomic mass is 10.1. The van der Waals surface area contributed by atoms with E-state index in [0.29, 0.717) is 22.8 Å². The van der Waals surface area contributed by atoms with E-state index in [0.717, 1.165) is 16.6 Å². The summed E-state index contributed by atoms with van der Waals surface area (Å²) in [5.74, 6) is 6.16. The monoisotopic (exact) mass is 395 g/mol. The normalized spacial score (nSPS) is 10.4. The molecule has 2 heterocycles. The van der Waals surface area contributed by atoms with E-state index in [1.807, 2.05) is 30.3 Å². The van der Waals surface area contributed by atoms with Gasteiger partial charge in [-0.05, 0) is 24.3 Å². The smallest absolute Gasteiger partial charge is 0.333 e. The number of imidazole rings is 1. The fraction of sp³-hybridized carbons (Fsp3) is 0.0870. The van der Waals surface area contributed by atoms with Gasteiger partial charge in [0.25, 0.3) is 0 Å². The third kappa shape index (κ3) is 3.36. The molecule has 30 heavy (non-hydrogen) atoms. The summed E-state index contributed by atoms with van der Waals surface area (Å²) >= 11 is 0. The number of benzene rings is 2. The third-order valence-corrected chi connectivity index (χ3v) is 4.60. The molecule has 0 amide bonds. The van der Waals surface area contributed by atoms with E-state index >= 15 is 0 Å². The maximum absolute atomic E-state index is 12.7. The molecule has 0 fully saturated rings. The highest BCUT2D eigenvalue weighted by molar-refractivity contribution is 5.93. The van der Waals surface area contributed by atoms with E-state index in [9.17, 15) is 4.79 Å². The van der Waals surface area contributed by atoms with Gasteiger partial charge in [0, 0.05) is 35.1 Å². The van der Waals surface area contributed by atoms with E-state index in [1.54, 1.807) is 25.6 Å². The van der Waals surface area contributed by atoms with Gasteiger partial charge in [-0.15, -0.1) is 12.8 Å². The van der Waals surface area contributed by atoms with Gasteiger partial charge < -0.3 is 10.1 Å². The van der Waals surface area contributed by atoms with Crippen molar-refractivity contribution in [3.8, 4) is 36.1 Å². The van der Waals surface area contributed by atoms with Crippen molar-refractivity contribution >= 4 is 22.4 Å². The van der Waals surface area contributed by atoms with Crippen LogP contribution in [-0.2, 0) is 6.54 Å². The molecule has 0 saturated carbocycles. The van der Waals surface area contributed by atoms with Crippen LogP contribution in [0.3, 0.4) is 0 Å². The minimum atomic E-state index is -0.265. The first-order valence-corrected chi connectivity index (χ1v) is 9.02. The molecule has 7 heteroatoms. The van der Waals surface area contributed by atoms with E-state index in [4.69, 9.17) is 17.6 Å². The standard InChI is InChI=1S/C23H17N5O2/c1-4-9-27-10-11-28(23(27)29)20-13-18-19(14-21(20)30-3)24-15-25-22(18)26-17-8-6-7-16(5-2)12-17/h1-2,6-8,10-15H,9H2,3H3,(H,24,25,26). The summed E-state index contributed by atoms with van der Waals surface area (Å²) in [6, 6.07) is 11.0. The minimum Gasteiger partial charge on any atom is -0.494 e. The van der Waals surface area contributed by atoms with Crippen molar-refractivity contribution in [3.63, 3.8) is 0 Å². The van der Waals surface area contributed by atoms with Gasteiger partial charge in [-0.1, -0.05) is 17.9 Å². The van der Waals surface area contributed by atoms with Gasteiger partial charge in [-0.3, -0.25) is 9.13 Å². The van der Waals surface area contributed by atoms with Crippen LogP contribution in [0.5, 0.6) is 5.75 Å². The molecule has 0 bridgehead atoms. The molecule has 146 valence electrons. The summed E-state index contributed by atoms with van der Waals surface area (Å²) in [6.45, 7) is 0.184. The lowest BCUT2D eigenvalue weighted by Crippen LogP contribution is -2.23. The van der Waals surface area contributed by atoms with Crippen molar-refractivity contribution in [3.05, 3.63) is 71.2 Å². The van der Waals surface area contributed by atoms with Crippen LogP contribution in [0.15, 0.2) is 59.9 Å². The van der Waals surface area contributed by atoms with E-state index in [-0.39, 0.29) is 12.2 Å². The topological polar surface area (TPSA) is 74.0 Å². The summed E-state index contributed by atoms with van der Waals surface area (Å²) in [4.78, 5) is 21.4. The molecule has 0 aliphatic heterocycles. The highest BCUT2D eigenvalue weighted by Crippen LogP contribution is 2.31. The van der Waals surface area contributed by atoms with Crippen molar-refractivity contribution < 1.29 is 4.74 Å². The zero-order chi connectivity index (χ0) is 21.1. The molecule has 0 saturated heterocycles. The lowest BCUT2D eigenvalue weighted by molar-refractivity contribution is 0.413. The Labute approximate surface area is 173 Å². The predicted molar refractivity (Wildman–Crippen MR) is 116 cm³/mol. The van der Waals surface area contributed by atoms with Crippen LogP contribution < -0.4 is 15.7 Å². The largest absolute Gasteiger partial charge is 0.494 e. The Morgan fingerprint density at radius 3 is 2.80 bits per heavy atom. The van der Waals surface area contributed by atoms with Gasteiger partial charge in [-0.25, -0.2) is 14.8 Å². The maximum Gasteiger partial charge on any atom is 0.333 e. The molecule has 0 aliphatic rings. The number of hydrogen-bond acceptors (Lipinski definition) is 5. The van der Waals surface area contributed by atoms with Crippen molar-refractivity contribution in [2.75, 3.05) is 12.4 Å². The van der Waals surface area contributed by atoms with Gasteiger partial charge in [-0.2, -0.15) is 0 Å². The highest BCUT2D eigenvalue weighted by atomic mass is 16.5. The quantitative estimate of drug-likeness (QED) is 0.526. The molecule has 0 atom stereocenters. The van der Waals surface area contributed by atoms with Crippen molar-refractivity contribution in [2.24, 2.45) is 0 Å². The average Bonchev–Trinajstić information content (AvgIpc) is 3.13. The summed E-state index contributed by atoms with van der Waals surface area (Å²) < 4.78 is 8.43. The first-order chi connectivity index (χ1) is 14.6. The van der Waals surface area contributed by atoms with Crippen molar-refractivity contribution in [1.82, 2.24) is 19.1 Å². The second kappa shape index (κ2) is 7.86. The summed E-state index contributed by atoms with van der Waals surface area (Å²) in [5.41, 5.74) is 2.50. The molecule has 1 N–H and O–H groups in total. The Balaban J connectivity index is 1.87. The van der Waals surface area contributed by atoms with Crippen LogP contribution in [0.2, 0.25) is 0 Å². The van der Waals surface area contributed by atoms with Crippen LogP contribution in [0, 0.1) is 24.7 Å². The van der Waals surface area contributed by atoms with Crippen LogP contribution in [0.1, 0.15) is 5.56 Å². The number of rotatable bonds is 5. The van der Waals surface area contributed by atoms with Gasteiger partial charge in [0.05, 0.1) is 24.9 Å². The lowest BCUT2D eigenvalue weighted by Gasteiger charge is -2.13. The van der Waals surface area contributed by atoms with Gasteiger partial charge >= 0.3 is 5.69 Å². The zero-order valence-corrected chi connectivity index (χ0v) is 16.2. The van der Waals surface area contributed by atoms with E-state index in [1.165, 1.54) is 15.5 Å². The summed E-state index contributed by atoms with van der Waals surface area (Å²) in [7, 11) is 1.54. The molecule has 4 aromatic rings. The minimum absolute atomic E-state index is 0.184. The molecule has 0 unspecified atom stereocenters. The number of terminal acetylenes is 2. The Morgan fingerprint density at radius 2 is 2.03 bits per heavy atom. The fourth-order valence-electron chi connectivity index (χ4n) is 3.16.